The Bertz CT molecular complexity index is 749. The lowest BCUT2D eigenvalue weighted by molar-refractivity contribution is 0.414. The average molecular weight is 264 g/mol. The predicted molar refractivity (Wildman–Crippen MR) is 71.3 cm³/mol. The number of rotatable bonds is 2. The fraction of sp³-hybridized carbons (Fsp3) is 0.545. The highest BCUT2D eigenvalue weighted by Crippen LogP contribution is 2.22. The molecule has 0 atom stereocenters. The van der Waals surface area contributed by atoms with Crippen LogP contribution < -0.4 is 21.9 Å². The summed E-state index contributed by atoms with van der Waals surface area (Å²) in [4.78, 5) is 33.2. The van der Waals surface area contributed by atoms with Crippen LogP contribution in [0.5, 0.6) is 0 Å². The number of nitrogens with two attached hydrogens (primary N) is 1. The SMILES string of the molecule is Cn1c(=O)c2[nH]c(N3CC(CN)C3)nc2n(C)c1=O. The molecule has 0 aliphatic carbocycles. The number of aromatic nitrogens is 4. The van der Waals surface area contributed by atoms with Crippen molar-refractivity contribution in [2.45, 2.75) is 0 Å². The molecular formula is C11H16N6O2. The van der Waals surface area contributed by atoms with Gasteiger partial charge in [-0.2, -0.15) is 4.98 Å². The van der Waals surface area contributed by atoms with Gasteiger partial charge in [0, 0.05) is 33.1 Å². The van der Waals surface area contributed by atoms with Crippen LogP contribution in [0.25, 0.3) is 11.2 Å². The molecule has 3 N–H and O–H groups in total. The zero-order valence-electron chi connectivity index (χ0n) is 10.9. The highest BCUT2D eigenvalue weighted by Gasteiger charge is 2.28. The molecule has 19 heavy (non-hydrogen) atoms. The molecule has 8 nitrogen and oxygen atoms in total. The van der Waals surface area contributed by atoms with Gasteiger partial charge in [-0.1, -0.05) is 0 Å². The van der Waals surface area contributed by atoms with E-state index < -0.39 is 0 Å². The first-order valence-corrected chi connectivity index (χ1v) is 6.13. The fourth-order valence-corrected chi connectivity index (χ4v) is 2.36. The number of nitrogens with one attached hydrogen (secondary N) is 1. The van der Waals surface area contributed by atoms with E-state index in [9.17, 15) is 9.59 Å². The third-order valence-corrected chi connectivity index (χ3v) is 3.67. The second-order valence-corrected chi connectivity index (χ2v) is 4.97. The molecule has 1 fully saturated rings. The lowest BCUT2D eigenvalue weighted by atomic mass is 10.0. The minimum atomic E-state index is -0.376. The molecule has 1 saturated heterocycles. The molecule has 0 spiro atoms. The summed E-state index contributed by atoms with van der Waals surface area (Å²) in [5.41, 5.74) is 5.60. The molecule has 0 amide bonds. The standard InChI is InChI=1S/C11H16N6O2/c1-15-8-7(9(18)16(2)11(15)19)13-10(14-8)17-4-6(3-12)5-17/h6H,3-5,12H2,1-2H3,(H,13,14). The van der Waals surface area contributed by atoms with Crippen LogP contribution in [0, 0.1) is 5.92 Å². The topological polar surface area (TPSA) is 102 Å². The van der Waals surface area contributed by atoms with Gasteiger partial charge < -0.3 is 15.6 Å². The summed E-state index contributed by atoms with van der Waals surface area (Å²) in [5, 5.41) is 0. The summed E-state index contributed by atoms with van der Waals surface area (Å²) in [5.74, 6) is 1.10. The molecule has 2 aromatic heterocycles. The van der Waals surface area contributed by atoms with Crippen LogP contribution in [-0.2, 0) is 14.1 Å². The number of aromatic amines is 1. The van der Waals surface area contributed by atoms with Crippen LogP contribution >= 0.6 is 0 Å². The van der Waals surface area contributed by atoms with Gasteiger partial charge in [-0.05, 0) is 6.54 Å². The van der Waals surface area contributed by atoms with Crippen LogP contribution in [-0.4, -0.2) is 38.7 Å². The summed E-state index contributed by atoms with van der Waals surface area (Å²) < 4.78 is 2.44. The monoisotopic (exact) mass is 264 g/mol. The molecule has 0 aromatic carbocycles. The smallest absolute Gasteiger partial charge is 0.332 e. The molecule has 2 aromatic rings. The Balaban J connectivity index is 2.12. The van der Waals surface area contributed by atoms with E-state index in [1.165, 1.54) is 11.6 Å². The Labute approximate surface area is 108 Å². The lowest BCUT2D eigenvalue weighted by Crippen LogP contribution is -2.50. The van der Waals surface area contributed by atoms with Crippen molar-refractivity contribution in [2.24, 2.45) is 25.7 Å². The first kappa shape index (κ1) is 12.0. The first-order valence-electron chi connectivity index (χ1n) is 6.13. The number of fused-ring (bicyclic) bond motifs is 1. The van der Waals surface area contributed by atoms with E-state index in [2.05, 4.69) is 9.97 Å². The van der Waals surface area contributed by atoms with Gasteiger partial charge in [0.05, 0.1) is 0 Å². The largest absolute Gasteiger partial charge is 0.342 e. The molecule has 3 heterocycles. The van der Waals surface area contributed by atoms with Gasteiger partial charge in [-0.25, -0.2) is 4.79 Å². The maximum atomic E-state index is 12.0. The molecular weight excluding hydrogens is 248 g/mol. The van der Waals surface area contributed by atoms with Gasteiger partial charge in [-0.3, -0.25) is 13.9 Å². The summed E-state index contributed by atoms with van der Waals surface area (Å²) in [7, 11) is 3.06. The molecule has 1 aliphatic rings. The van der Waals surface area contributed by atoms with E-state index in [1.807, 2.05) is 4.90 Å². The number of anilines is 1. The number of nitrogens with zero attached hydrogens (tertiary/aromatic N) is 4. The molecule has 0 bridgehead atoms. The van der Waals surface area contributed by atoms with Crippen molar-refractivity contribution in [3.05, 3.63) is 20.8 Å². The Morgan fingerprint density at radius 2 is 2.00 bits per heavy atom. The Morgan fingerprint density at radius 1 is 1.32 bits per heavy atom. The van der Waals surface area contributed by atoms with Crippen molar-refractivity contribution in [2.75, 3.05) is 24.5 Å². The van der Waals surface area contributed by atoms with Crippen molar-refractivity contribution in [3.63, 3.8) is 0 Å². The van der Waals surface area contributed by atoms with Gasteiger partial charge >= 0.3 is 5.69 Å². The zero-order chi connectivity index (χ0) is 13.7. The zero-order valence-corrected chi connectivity index (χ0v) is 10.9. The molecule has 3 rings (SSSR count). The van der Waals surface area contributed by atoms with Gasteiger partial charge in [-0.15, -0.1) is 0 Å². The van der Waals surface area contributed by atoms with Gasteiger partial charge in [0.25, 0.3) is 5.56 Å². The average Bonchev–Trinajstić information content (AvgIpc) is 2.77. The van der Waals surface area contributed by atoms with Gasteiger partial charge in [0.2, 0.25) is 5.95 Å². The highest BCUT2D eigenvalue weighted by atomic mass is 16.2. The third-order valence-electron chi connectivity index (χ3n) is 3.67. The number of H-pyrrole nitrogens is 1. The quantitative estimate of drug-likeness (QED) is 0.677. The van der Waals surface area contributed by atoms with Crippen molar-refractivity contribution in [3.8, 4) is 0 Å². The van der Waals surface area contributed by atoms with E-state index in [0.717, 1.165) is 17.7 Å². The molecule has 102 valence electrons. The number of hydrogen-bond donors (Lipinski definition) is 2. The summed E-state index contributed by atoms with van der Waals surface area (Å²) >= 11 is 0. The van der Waals surface area contributed by atoms with E-state index >= 15 is 0 Å². The van der Waals surface area contributed by atoms with Gasteiger partial charge in [0.15, 0.2) is 11.2 Å². The molecule has 8 heteroatoms. The second-order valence-electron chi connectivity index (χ2n) is 4.97. The molecule has 1 aliphatic heterocycles. The minimum Gasteiger partial charge on any atom is -0.342 e. The second kappa shape index (κ2) is 3.95. The number of aryl methyl sites for hydroxylation is 1. The Morgan fingerprint density at radius 3 is 2.63 bits per heavy atom. The molecule has 0 unspecified atom stereocenters. The molecule has 0 radical (unpaired) electrons. The minimum absolute atomic E-state index is 0.354. The summed E-state index contributed by atoms with van der Waals surface area (Å²) in [6.07, 6.45) is 0. The Hall–Kier alpha value is -2.09. The number of imidazole rings is 1. The van der Waals surface area contributed by atoms with Crippen molar-refractivity contribution >= 4 is 17.1 Å². The van der Waals surface area contributed by atoms with E-state index in [1.54, 1.807) is 7.05 Å². The Kier molecular flexibility index (Phi) is 2.49. The maximum Gasteiger partial charge on any atom is 0.332 e. The molecule has 0 saturated carbocycles. The van der Waals surface area contributed by atoms with Crippen molar-refractivity contribution < 1.29 is 0 Å². The highest BCUT2D eigenvalue weighted by molar-refractivity contribution is 5.73. The first-order chi connectivity index (χ1) is 9.02. The van der Waals surface area contributed by atoms with Crippen LogP contribution in [0.2, 0.25) is 0 Å². The van der Waals surface area contributed by atoms with Crippen LogP contribution in [0.1, 0.15) is 0 Å². The normalized spacial score (nSPS) is 16.1. The maximum absolute atomic E-state index is 12.0. The summed E-state index contributed by atoms with van der Waals surface area (Å²) in [6, 6.07) is 0. The fourth-order valence-electron chi connectivity index (χ4n) is 2.36. The predicted octanol–water partition coefficient (Wildman–Crippen LogP) is -1.64. The van der Waals surface area contributed by atoms with Crippen molar-refractivity contribution in [1.82, 2.24) is 19.1 Å². The number of hydrogen-bond acceptors (Lipinski definition) is 5. The van der Waals surface area contributed by atoms with Crippen LogP contribution in [0.15, 0.2) is 9.59 Å². The summed E-state index contributed by atoms with van der Waals surface area (Å²) in [6.45, 7) is 2.30. The van der Waals surface area contributed by atoms with E-state index in [0.29, 0.717) is 29.6 Å². The third kappa shape index (κ3) is 1.60. The van der Waals surface area contributed by atoms with Crippen LogP contribution in [0.3, 0.4) is 0 Å². The van der Waals surface area contributed by atoms with E-state index in [-0.39, 0.29) is 11.2 Å². The van der Waals surface area contributed by atoms with Crippen molar-refractivity contribution in [1.29, 1.82) is 0 Å². The van der Waals surface area contributed by atoms with Crippen LogP contribution in [0.4, 0.5) is 5.95 Å². The van der Waals surface area contributed by atoms with E-state index in [4.69, 9.17) is 5.73 Å². The lowest BCUT2D eigenvalue weighted by Gasteiger charge is -2.38. The van der Waals surface area contributed by atoms with Gasteiger partial charge in [0.1, 0.15) is 0 Å².